The van der Waals surface area contributed by atoms with Crippen molar-refractivity contribution in [2.75, 3.05) is 36.5 Å². The Morgan fingerprint density at radius 3 is 2.76 bits per heavy atom. The highest BCUT2D eigenvalue weighted by molar-refractivity contribution is 5.92. The molecule has 0 bridgehead atoms. The number of hydrogen-bond acceptors (Lipinski definition) is 7. The second kappa shape index (κ2) is 8.33. The summed E-state index contributed by atoms with van der Waals surface area (Å²) >= 11 is 0. The maximum absolute atomic E-state index is 14.0. The first-order valence-corrected chi connectivity index (χ1v) is 11.7. The number of piperidine rings is 1. The number of aromatic nitrogens is 2. The standard InChI is InChI=1S/C24H27F2N5O3/c25-14-1-2-19(17(26)11-14)34-16-3-8-31(9-4-16)22-21(28-15-5-10-33-13-15)30-20-18(29-22)12-27-23(32)24(20)6-7-24/h1-2,11,15-16H,3-10,12-13H2,(H,27,32)(H,28,30)/t15-/m1/s1/i12D2. The average molecular weight is 474 g/mol. The van der Waals surface area contributed by atoms with E-state index < -0.39 is 23.5 Å². The zero-order valence-corrected chi connectivity index (χ0v) is 18.6. The Hall–Kier alpha value is -3.01. The van der Waals surface area contributed by atoms with Gasteiger partial charge in [-0.2, -0.15) is 0 Å². The van der Waals surface area contributed by atoms with Crippen LogP contribution in [0.3, 0.4) is 0 Å². The topological polar surface area (TPSA) is 88.6 Å². The number of anilines is 2. The van der Waals surface area contributed by atoms with Gasteiger partial charge in [0.15, 0.2) is 23.2 Å². The molecule has 180 valence electrons. The minimum atomic E-state index is -2.13. The van der Waals surface area contributed by atoms with Crippen molar-refractivity contribution in [1.82, 2.24) is 15.3 Å². The summed E-state index contributed by atoms with van der Waals surface area (Å²) in [6.45, 7) is 0.0971. The summed E-state index contributed by atoms with van der Waals surface area (Å²) < 4.78 is 55.4. The molecule has 34 heavy (non-hydrogen) atoms. The smallest absolute Gasteiger partial charge is 0.232 e. The van der Waals surface area contributed by atoms with Gasteiger partial charge in [0.1, 0.15) is 11.9 Å². The van der Waals surface area contributed by atoms with Crippen molar-refractivity contribution in [3.63, 3.8) is 0 Å². The first kappa shape index (κ1) is 19.3. The summed E-state index contributed by atoms with van der Waals surface area (Å²) in [5, 5.41) is 5.90. The van der Waals surface area contributed by atoms with Gasteiger partial charge >= 0.3 is 0 Å². The molecule has 2 aromatic rings. The largest absolute Gasteiger partial charge is 0.487 e. The molecule has 1 spiro atoms. The summed E-state index contributed by atoms with van der Waals surface area (Å²) in [5.41, 5.74) is -0.254. The fraction of sp³-hybridized carbons (Fsp3) is 0.542. The van der Waals surface area contributed by atoms with Crippen LogP contribution in [-0.2, 0) is 21.4 Å². The van der Waals surface area contributed by atoms with Crippen molar-refractivity contribution in [1.29, 1.82) is 0 Å². The fourth-order valence-corrected chi connectivity index (χ4v) is 4.87. The van der Waals surface area contributed by atoms with Crippen LogP contribution in [0.25, 0.3) is 0 Å². The highest BCUT2D eigenvalue weighted by Crippen LogP contribution is 2.51. The predicted molar refractivity (Wildman–Crippen MR) is 120 cm³/mol. The van der Waals surface area contributed by atoms with Gasteiger partial charge in [-0.3, -0.25) is 4.79 Å². The number of benzene rings is 1. The Balaban J connectivity index is 1.28. The van der Waals surface area contributed by atoms with Gasteiger partial charge in [0, 0.05) is 38.6 Å². The van der Waals surface area contributed by atoms with Gasteiger partial charge in [-0.15, -0.1) is 0 Å². The third kappa shape index (κ3) is 3.83. The lowest BCUT2D eigenvalue weighted by Gasteiger charge is -2.35. The molecule has 2 N–H and O–H groups in total. The van der Waals surface area contributed by atoms with Crippen molar-refractivity contribution in [3.8, 4) is 5.75 Å². The van der Waals surface area contributed by atoms with E-state index in [1.807, 2.05) is 4.90 Å². The van der Waals surface area contributed by atoms with Crippen molar-refractivity contribution in [2.24, 2.45) is 0 Å². The number of halogens is 2. The molecule has 0 radical (unpaired) electrons. The second-order valence-corrected chi connectivity index (χ2v) is 9.34. The van der Waals surface area contributed by atoms with E-state index in [9.17, 15) is 13.6 Å². The number of rotatable bonds is 5. The molecule has 8 nitrogen and oxygen atoms in total. The average Bonchev–Trinajstić information content (AvgIpc) is 3.49. The fourth-order valence-electron chi connectivity index (χ4n) is 4.87. The number of ether oxygens (including phenoxy) is 2. The number of amides is 1. The van der Waals surface area contributed by atoms with Crippen LogP contribution in [-0.4, -0.2) is 54.3 Å². The third-order valence-electron chi connectivity index (χ3n) is 7.01. The lowest BCUT2D eigenvalue weighted by molar-refractivity contribution is -0.124. The van der Waals surface area contributed by atoms with Crippen LogP contribution in [0.15, 0.2) is 18.2 Å². The summed E-state index contributed by atoms with van der Waals surface area (Å²) in [7, 11) is 0. The second-order valence-electron chi connectivity index (χ2n) is 9.34. The number of fused-ring (bicyclic) bond motifs is 2. The van der Waals surface area contributed by atoms with Gasteiger partial charge in [-0.1, -0.05) is 0 Å². The molecule has 1 aromatic carbocycles. The minimum Gasteiger partial charge on any atom is -0.487 e. The van der Waals surface area contributed by atoms with E-state index >= 15 is 0 Å². The third-order valence-corrected chi connectivity index (χ3v) is 7.01. The SMILES string of the molecule is [2H]C1([2H])NC(=O)C2(CC2)c2nc(N[C@@H]3CCOC3)c(N3CCC(Oc4ccc(F)cc4F)CC3)nc21. The van der Waals surface area contributed by atoms with Crippen LogP contribution in [0.1, 0.15) is 46.2 Å². The van der Waals surface area contributed by atoms with Crippen LogP contribution in [0, 0.1) is 11.6 Å². The molecule has 1 saturated carbocycles. The zero-order valence-electron chi connectivity index (χ0n) is 20.6. The zero-order chi connectivity index (χ0) is 25.1. The first-order chi connectivity index (χ1) is 17.2. The van der Waals surface area contributed by atoms with Crippen LogP contribution < -0.4 is 20.3 Å². The monoisotopic (exact) mass is 473 g/mol. The van der Waals surface area contributed by atoms with E-state index in [0.717, 1.165) is 12.5 Å². The summed E-state index contributed by atoms with van der Waals surface area (Å²) in [5.74, 6) is -0.680. The van der Waals surface area contributed by atoms with E-state index in [1.54, 1.807) is 0 Å². The lowest BCUT2D eigenvalue weighted by Crippen LogP contribution is -2.43. The highest BCUT2D eigenvalue weighted by Gasteiger charge is 2.56. The van der Waals surface area contributed by atoms with E-state index in [1.165, 1.54) is 12.1 Å². The van der Waals surface area contributed by atoms with Gasteiger partial charge in [0.05, 0.1) is 38.7 Å². The van der Waals surface area contributed by atoms with Crippen LogP contribution in [0.4, 0.5) is 20.4 Å². The Bertz CT molecular complexity index is 1200. The quantitative estimate of drug-likeness (QED) is 0.690. The molecular weight excluding hydrogens is 444 g/mol. The molecule has 1 atom stereocenters. The number of carbonyl (C=O) groups is 1. The Morgan fingerprint density at radius 2 is 2.06 bits per heavy atom. The summed E-state index contributed by atoms with van der Waals surface area (Å²) in [6, 6.07) is 3.31. The van der Waals surface area contributed by atoms with E-state index in [4.69, 9.17) is 22.2 Å². The lowest BCUT2D eigenvalue weighted by atomic mass is 9.95. The molecule has 1 aliphatic carbocycles. The summed E-state index contributed by atoms with van der Waals surface area (Å²) in [4.78, 5) is 24.3. The molecule has 10 heteroatoms. The number of carbonyl (C=O) groups excluding carboxylic acids is 1. The van der Waals surface area contributed by atoms with Gasteiger partial charge in [-0.25, -0.2) is 18.7 Å². The maximum atomic E-state index is 14.0. The maximum Gasteiger partial charge on any atom is 0.232 e. The van der Waals surface area contributed by atoms with E-state index in [-0.39, 0.29) is 29.5 Å². The highest BCUT2D eigenvalue weighted by atomic mass is 19.1. The molecule has 0 unspecified atom stereocenters. The molecule has 4 aliphatic rings. The van der Waals surface area contributed by atoms with Gasteiger partial charge in [0.2, 0.25) is 5.91 Å². The summed E-state index contributed by atoms with van der Waals surface area (Å²) in [6.07, 6.45) is 2.91. The number of hydrogen-bond donors (Lipinski definition) is 2. The van der Waals surface area contributed by atoms with Gasteiger partial charge in [-0.05, 0) is 31.4 Å². The Kier molecular flexibility index (Phi) is 4.73. The Morgan fingerprint density at radius 1 is 1.24 bits per heavy atom. The van der Waals surface area contributed by atoms with Crippen molar-refractivity contribution in [3.05, 3.63) is 41.2 Å². The molecule has 6 rings (SSSR count). The van der Waals surface area contributed by atoms with Gasteiger partial charge < -0.3 is 25.0 Å². The van der Waals surface area contributed by atoms with Crippen molar-refractivity contribution in [2.45, 2.75) is 56.2 Å². The molecule has 3 fully saturated rings. The minimum absolute atomic E-state index is 0.0191. The molecule has 2 saturated heterocycles. The number of nitrogens with zero attached hydrogens (tertiary/aromatic N) is 3. The first-order valence-electron chi connectivity index (χ1n) is 12.7. The van der Waals surface area contributed by atoms with Gasteiger partial charge in [0.25, 0.3) is 0 Å². The predicted octanol–water partition coefficient (Wildman–Crippen LogP) is 2.66. The van der Waals surface area contributed by atoms with Crippen LogP contribution in [0.2, 0.25) is 0 Å². The number of nitrogens with one attached hydrogen (secondary N) is 2. The molecule has 3 aliphatic heterocycles. The van der Waals surface area contributed by atoms with E-state index in [0.29, 0.717) is 69.3 Å². The molecule has 1 amide bonds. The molecule has 4 heterocycles. The van der Waals surface area contributed by atoms with E-state index in [2.05, 4.69) is 10.6 Å². The van der Waals surface area contributed by atoms with Crippen LogP contribution >= 0.6 is 0 Å². The Labute approximate surface area is 198 Å². The molecule has 1 aromatic heterocycles. The normalized spacial score (nSPS) is 25.9. The van der Waals surface area contributed by atoms with Crippen LogP contribution in [0.5, 0.6) is 5.75 Å². The van der Waals surface area contributed by atoms with Crippen molar-refractivity contribution >= 4 is 17.5 Å². The molecular formula is C24H27F2N5O3. The van der Waals surface area contributed by atoms with Crippen molar-refractivity contribution < 1.29 is 25.8 Å².